The Balaban J connectivity index is 1.04. The predicted molar refractivity (Wildman–Crippen MR) is 201 cm³/mol. The van der Waals surface area contributed by atoms with E-state index in [9.17, 15) is 18.3 Å². The Bertz CT molecular complexity index is 1610. The van der Waals surface area contributed by atoms with E-state index in [2.05, 4.69) is 70.5 Å². The molecule has 6 aliphatic carbocycles. The molecule has 6 nitrogen and oxygen atoms in total. The van der Waals surface area contributed by atoms with Crippen LogP contribution in [0.25, 0.3) is 0 Å². The SMILES string of the molecule is C=C(C)[C@@H]1CC[C@]2(NCCN3C[C@@H]4C[C@H]3CS4(=O)=O)CC[C@]3(C)[C@H](CC[C@@H]4C5(C)CC=C(C6=CC[C@@H](C(=O)O)CC6)C(C)(C)[C@@H]5CC[C@]43C)[C@@H]12. The maximum atomic E-state index is 12.4. The molecule has 0 amide bonds. The van der Waals surface area contributed by atoms with E-state index in [0.29, 0.717) is 52.6 Å². The van der Waals surface area contributed by atoms with Crippen LogP contribution in [0, 0.1) is 57.2 Å². The highest BCUT2D eigenvalue weighted by Gasteiger charge is 2.70. The van der Waals surface area contributed by atoms with Gasteiger partial charge in [-0.05, 0) is 153 Å². The number of hydrogen-bond donors (Lipinski definition) is 2. The molecule has 2 heterocycles. The highest BCUT2D eigenvalue weighted by atomic mass is 32.2. The highest BCUT2D eigenvalue weighted by Crippen LogP contribution is 2.76. The lowest BCUT2D eigenvalue weighted by molar-refractivity contribution is -0.221. The summed E-state index contributed by atoms with van der Waals surface area (Å²) in [6.45, 7) is 22.7. The average molecular weight is 707 g/mol. The maximum absolute atomic E-state index is 12.4. The third-order valence-corrected chi connectivity index (χ3v) is 20.3. The number of nitrogens with one attached hydrogen (secondary N) is 1. The molecule has 0 aromatic carbocycles. The van der Waals surface area contributed by atoms with Crippen LogP contribution in [-0.4, -0.2) is 66.6 Å². The van der Waals surface area contributed by atoms with Gasteiger partial charge in [0.05, 0.1) is 16.9 Å². The summed E-state index contributed by atoms with van der Waals surface area (Å²) in [6.07, 6.45) is 19.5. The quantitative estimate of drug-likeness (QED) is 0.260. The Morgan fingerprint density at radius 1 is 0.980 bits per heavy atom. The molecule has 4 saturated carbocycles. The standard InChI is InChI=1S/C43H66N2O4S/c1-27(2)32-14-19-43(44-22-23-45-25-31-24-30(45)26-50(31,48)49)21-20-41(6)34(37(32)43)12-13-36-40(5)17-15-33(28-8-10-29(11-9-28)38(46)47)39(3,4)35(40)16-18-42(36,41)7/h8,15,29-32,34-37,44H,1,9-14,16-26H2,2-7H3,(H,46,47)/t29-,30+,31+,32+,34-,35+,36-,37-,40?,41-,42-,43+/m1/s1. The van der Waals surface area contributed by atoms with Gasteiger partial charge in [0.25, 0.3) is 0 Å². The summed E-state index contributed by atoms with van der Waals surface area (Å²) < 4.78 is 24.8. The van der Waals surface area contributed by atoms with E-state index < -0.39 is 15.8 Å². The van der Waals surface area contributed by atoms with Crippen LogP contribution in [0.5, 0.6) is 0 Å². The second-order valence-electron chi connectivity index (χ2n) is 20.2. The molecule has 12 atom stereocenters. The Morgan fingerprint density at radius 2 is 1.76 bits per heavy atom. The molecule has 2 aliphatic heterocycles. The molecule has 8 aliphatic rings. The van der Waals surface area contributed by atoms with Crippen molar-refractivity contribution in [2.75, 3.05) is 25.4 Å². The lowest BCUT2D eigenvalue weighted by Crippen LogP contribution is -2.68. The van der Waals surface area contributed by atoms with Gasteiger partial charge in [0.2, 0.25) is 0 Å². The normalized spacial score (nSPS) is 48.8. The van der Waals surface area contributed by atoms with Gasteiger partial charge in [-0.2, -0.15) is 0 Å². The van der Waals surface area contributed by atoms with Gasteiger partial charge in [-0.25, -0.2) is 8.42 Å². The summed E-state index contributed by atoms with van der Waals surface area (Å²) in [5.74, 6) is 2.74. The van der Waals surface area contributed by atoms with Crippen LogP contribution >= 0.6 is 0 Å². The summed E-state index contributed by atoms with van der Waals surface area (Å²) in [5, 5.41) is 13.7. The van der Waals surface area contributed by atoms with Crippen molar-refractivity contribution in [2.24, 2.45) is 57.2 Å². The molecule has 0 aromatic rings. The summed E-state index contributed by atoms with van der Waals surface area (Å²) >= 11 is 0. The van der Waals surface area contributed by atoms with Gasteiger partial charge >= 0.3 is 5.97 Å². The first-order valence-electron chi connectivity index (χ1n) is 20.5. The topological polar surface area (TPSA) is 86.7 Å². The van der Waals surface area contributed by atoms with Gasteiger partial charge in [-0.15, -0.1) is 0 Å². The molecule has 8 rings (SSSR count). The molecular formula is C43H66N2O4S. The average Bonchev–Trinajstić information content (AvgIpc) is 3.72. The molecule has 0 aromatic heterocycles. The third-order valence-electron chi connectivity index (χ3n) is 18.0. The van der Waals surface area contributed by atoms with Crippen LogP contribution in [0.3, 0.4) is 0 Å². The van der Waals surface area contributed by atoms with Crippen LogP contribution in [-0.2, 0) is 14.6 Å². The highest BCUT2D eigenvalue weighted by molar-refractivity contribution is 7.92. The molecule has 2 bridgehead atoms. The molecule has 0 spiro atoms. The molecule has 1 unspecified atom stereocenters. The molecule has 6 fully saturated rings. The minimum absolute atomic E-state index is 0.0924. The first kappa shape index (κ1) is 35.6. The second kappa shape index (κ2) is 11.8. The lowest BCUT2D eigenvalue weighted by atomic mass is 9.33. The van der Waals surface area contributed by atoms with E-state index >= 15 is 0 Å². The number of sulfone groups is 1. The van der Waals surface area contributed by atoms with Crippen molar-refractivity contribution >= 4 is 15.8 Å². The molecule has 0 radical (unpaired) electrons. The fraction of sp³-hybridized carbons (Fsp3) is 0.837. The Morgan fingerprint density at radius 3 is 2.40 bits per heavy atom. The summed E-state index contributed by atoms with van der Waals surface area (Å²) in [4.78, 5) is 14.2. The summed E-state index contributed by atoms with van der Waals surface area (Å²) in [7, 11) is -2.86. The van der Waals surface area contributed by atoms with Gasteiger partial charge in [0.15, 0.2) is 9.84 Å². The number of nitrogens with zero attached hydrogens (tertiary/aromatic N) is 1. The van der Waals surface area contributed by atoms with Gasteiger partial charge in [0.1, 0.15) is 0 Å². The molecule has 2 N–H and O–H groups in total. The predicted octanol–water partition coefficient (Wildman–Crippen LogP) is 8.20. The summed E-state index contributed by atoms with van der Waals surface area (Å²) in [5.41, 5.74) is 5.47. The van der Waals surface area contributed by atoms with Crippen LogP contribution in [0.2, 0.25) is 0 Å². The maximum Gasteiger partial charge on any atom is 0.306 e. The zero-order valence-corrected chi connectivity index (χ0v) is 32.8. The Kier molecular flexibility index (Phi) is 8.38. The molecule has 7 heteroatoms. The first-order chi connectivity index (χ1) is 23.5. The molecular weight excluding hydrogens is 641 g/mol. The number of allylic oxidation sites excluding steroid dienone is 5. The zero-order chi connectivity index (χ0) is 35.6. The van der Waals surface area contributed by atoms with Crippen molar-refractivity contribution in [1.82, 2.24) is 10.2 Å². The van der Waals surface area contributed by atoms with Crippen molar-refractivity contribution in [2.45, 2.75) is 142 Å². The number of aliphatic carboxylic acids is 1. The number of carboxylic acids is 1. The molecule has 50 heavy (non-hydrogen) atoms. The number of carbonyl (C=O) groups is 1. The van der Waals surface area contributed by atoms with Crippen LogP contribution < -0.4 is 5.32 Å². The van der Waals surface area contributed by atoms with Crippen LogP contribution in [0.1, 0.15) is 125 Å². The van der Waals surface area contributed by atoms with Crippen molar-refractivity contribution in [3.8, 4) is 0 Å². The minimum atomic E-state index is -2.86. The van der Waals surface area contributed by atoms with Crippen molar-refractivity contribution < 1.29 is 18.3 Å². The summed E-state index contributed by atoms with van der Waals surface area (Å²) in [6, 6.07) is 0.229. The first-order valence-corrected chi connectivity index (χ1v) is 22.2. The Labute approximate surface area is 303 Å². The Hall–Kier alpha value is -1.44. The molecule has 2 saturated heterocycles. The van der Waals surface area contributed by atoms with Crippen LogP contribution in [0.4, 0.5) is 0 Å². The lowest BCUT2D eigenvalue weighted by Gasteiger charge is -2.72. The number of rotatable bonds is 7. The van der Waals surface area contributed by atoms with E-state index in [-0.39, 0.29) is 33.6 Å². The van der Waals surface area contributed by atoms with E-state index in [1.165, 1.54) is 68.1 Å². The van der Waals surface area contributed by atoms with Gasteiger partial charge in [-0.1, -0.05) is 58.9 Å². The fourth-order valence-corrected chi connectivity index (χ4v) is 17.5. The van der Waals surface area contributed by atoms with E-state index in [1.54, 1.807) is 0 Å². The minimum Gasteiger partial charge on any atom is -0.481 e. The van der Waals surface area contributed by atoms with E-state index in [1.807, 2.05) is 0 Å². The van der Waals surface area contributed by atoms with Crippen molar-refractivity contribution in [1.29, 1.82) is 0 Å². The van der Waals surface area contributed by atoms with Crippen LogP contribution in [0.15, 0.2) is 35.5 Å². The van der Waals surface area contributed by atoms with Crippen molar-refractivity contribution in [3.05, 3.63) is 35.5 Å². The number of carboxylic acid groups (broad SMARTS) is 1. The number of fused-ring (bicyclic) bond motifs is 9. The third kappa shape index (κ3) is 4.96. The van der Waals surface area contributed by atoms with E-state index in [0.717, 1.165) is 45.3 Å². The van der Waals surface area contributed by atoms with Gasteiger partial charge < -0.3 is 10.4 Å². The van der Waals surface area contributed by atoms with Crippen molar-refractivity contribution in [3.63, 3.8) is 0 Å². The zero-order valence-electron chi connectivity index (χ0n) is 32.0. The van der Waals surface area contributed by atoms with Gasteiger partial charge in [-0.3, -0.25) is 9.69 Å². The second-order valence-corrected chi connectivity index (χ2v) is 22.5. The number of likely N-dealkylation sites (tertiary alicyclic amines) is 1. The molecule has 278 valence electrons. The van der Waals surface area contributed by atoms with E-state index in [4.69, 9.17) is 0 Å². The fourth-order valence-electron chi connectivity index (χ4n) is 15.4. The smallest absolute Gasteiger partial charge is 0.306 e. The monoisotopic (exact) mass is 706 g/mol. The number of hydrogen-bond acceptors (Lipinski definition) is 5. The largest absolute Gasteiger partial charge is 0.481 e. The van der Waals surface area contributed by atoms with Gasteiger partial charge in [0, 0.05) is 31.2 Å².